The largest absolute Gasteiger partial charge is 0.456 e. The van der Waals surface area contributed by atoms with Gasteiger partial charge < -0.3 is 4.74 Å². The molecule has 0 unspecified atom stereocenters. The average molecular weight is 486 g/mol. The number of hydrogen-bond acceptors (Lipinski definition) is 2. The highest BCUT2D eigenvalue weighted by Crippen LogP contribution is 2.27. The Morgan fingerprint density at radius 3 is 1.39 bits per heavy atom. The van der Waals surface area contributed by atoms with Crippen LogP contribution in [0.2, 0.25) is 6.04 Å². The zero-order valence-corrected chi connectivity index (χ0v) is 19.9. The Morgan fingerprint density at radius 2 is 1.04 bits per heavy atom. The molecule has 28 heavy (non-hydrogen) atoms. The number of halogens is 6. The molecular weight excluding hydrogens is 452 g/mol. The summed E-state index contributed by atoms with van der Waals surface area (Å²) in [6.07, 6.45) is 11.4. The minimum absolute atomic E-state index is 0.0719. The average Bonchev–Trinajstić information content (AvgIpc) is 2.58. The molecule has 0 aromatic carbocycles. The Morgan fingerprint density at radius 1 is 0.679 bits per heavy atom. The fourth-order valence-electron chi connectivity index (χ4n) is 2.95. The lowest BCUT2D eigenvalue weighted by atomic mass is 10.0. The molecule has 0 aliphatic rings. The van der Waals surface area contributed by atoms with Crippen LogP contribution in [0.3, 0.4) is 0 Å². The Balaban J connectivity index is 3.19. The van der Waals surface area contributed by atoms with Crippen molar-refractivity contribution >= 4 is 45.2 Å². The smallest absolute Gasteiger partial charge is 0.422 e. The molecule has 0 saturated heterocycles. The molecule has 0 spiro atoms. The number of ether oxygens (including phenoxy) is 1. The maximum Gasteiger partial charge on any atom is 0.422 e. The van der Waals surface area contributed by atoms with Crippen LogP contribution in [0.5, 0.6) is 0 Å². The third-order valence-electron chi connectivity index (χ3n) is 4.49. The molecule has 2 nitrogen and oxygen atoms in total. The molecule has 0 rings (SSSR count). The standard InChI is InChI=1S/C19H34Cl3F3O2Si/c20-28(21,22)16-14-12-10-8-6-4-2-1-3-5-7-9-11-13-15-18(26)27-17-19(23,24)25/h1-17H2. The minimum Gasteiger partial charge on any atom is -0.456 e. The first-order chi connectivity index (χ1) is 13.1. The molecule has 0 aliphatic carbocycles. The predicted molar refractivity (Wildman–Crippen MR) is 114 cm³/mol. The van der Waals surface area contributed by atoms with Gasteiger partial charge in [0.15, 0.2) is 6.61 Å². The van der Waals surface area contributed by atoms with Crippen molar-refractivity contribution in [1.82, 2.24) is 0 Å². The monoisotopic (exact) mass is 484 g/mol. The van der Waals surface area contributed by atoms with Gasteiger partial charge in [0.05, 0.1) is 0 Å². The van der Waals surface area contributed by atoms with Crippen LogP contribution in [0.15, 0.2) is 0 Å². The van der Waals surface area contributed by atoms with Crippen molar-refractivity contribution in [2.45, 2.75) is 109 Å². The second-order valence-corrected chi connectivity index (χ2v) is 16.6. The Hall–Kier alpha value is 0.347. The SMILES string of the molecule is O=C(CCCCCCCCCCCCCCCC[Si](Cl)(Cl)Cl)OCC(F)(F)F. The molecule has 0 bridgehead atoms. The highest BCUT2D eigenvalue weighted by Gasteiger charge is 2.29. The normalized spacial score (nSPS) is 12.4. The van der Waals surface area contributed by atoms with Crippen molar-refractivity contribution in [1.29, 1.82) is 0 Å². The molecule has 0 atom stereocenters. The highest BCUT2D eigenvalue weighted by molar-refractivity contribution is 7.64. The Kier molecular flexibility index (Phi) is 17.3. The molecule has 0 fully saturated rings. The molecule has 0 aromatic heterocycles. The molecule has 0 aliphatic heterocycles. The molecule has 0 saturated carbocycles. The van der Waals surface area contributed by atoms with Gasteiger partial charge in [0.25, 0.3) is 0 Å². The Labute approximate surface area is 182 Å². The van der Waals surface area contributed by atoms with Crippen LogP contribution in [-0.4, -0.2) is 24.8 Å². The maximum absolute atomic E-state index is 11.9. The van der Waals surface area contributed by atoms with Crippen LogP contribution in [0.4, 0.5) is 13.2 Å². The second kappa shape index (κ2) is 17.1. The van der Waals surface area contributed by atoms with Gasteiger partial charge in [-0.2, -0.15) is 13.2 Å². The third-order valence-corrected chi connectivity index (χ3v) is 7.11. The third kappa shape index (κ3) is 24.4. The summed E-state index contributed by atoms with van der Waals surface area (Å²) in [6, 6.07) is -1.65. The van der Waals surface area contributed by atoms with Crippen LogP contribution in [-0.2, 0) is 9.53 Å². The maximum atomic E-state index is 11.9. The van der Waals surface area contributed by atoms with E-state index in [9.17, 15) is 18.0 Å². The number of carbonyl (C=O) groups excluding carboxylic acids is 1. The van der Waals surface area contributed by atoms with Gasteiger partial charge in [0.2, 0.25) is 0 Å². The van der Waals surface area contributed by atoms with Crippen LogP contribution in [0, 0.1) is 0 Å². The highest BCUT2D eigenvalue weighted by atomic mass is 35.8. The van der Waals surface area contributed by atoms with E-state index in [1.54, 1.807) is 0 Å². The number of esters is 1. The van der Waals surface area contributed by atoms with Crippen LogP contribution < -0.4 is 0 Å². The van der Waals surface area contributed by atoms with Crippen molar-refractivity contribution in [3.63, 3.8) is 0 Å². The zero-order chi connectivity index (χ0) is 21.3. The lowest BCUT2D eigenvalue weighted by Crippen LogP contribution is -2.20. The van der Waals surface area contributed by atoms with Gasteiger partial charge in [0.1, 0.15) is 0 Å². The van der Waals surface area contributed by atoms with Crippen LogP contribution in [0.1, 0.15) is 96.3 Å². The van der Waals surface area contributed by atoms with E-state index in [1.165, 1.54) is 51.4 Å². The summed E-state index contributed by atoms with van der Waals surface area (Å²) < 4.78 is 39.8. The first-order valence-corrected chi connectivity index (χ1v) is 15.6. The quantitative estimate of drug-likeness (QED) is 0.0840. The van der Waals surface area contributed by atoms with E-state index < -0.39 is 24.8 Å². The summed E-state index contributed by atoms with van der Waals surface area (Å²) in [5.74, 6) is -0.760. The van der Waals surface area contributed by atoms with Gasteiger partial charge >= 0.3 is 18.1 Å². The molecule has 9 heteroatoms. The van der Waals surface area contributed by atoms with E-state index in [1.807, 2.05) is 0 Å². The van der Waals surface area contributed by atoms with Gasteiger partial charge in [0, 0.05) is 6.42 Å². The Bertz CT molecular complexity index is 392. The number of unbranched alkanes of at least 4 members (excludes halogenated alkanes) is 13. The van der Waals surface area contributed by atoms with Crippen LogP contribution in [0.25, 0.3) is 0 Å². The zero-order valence-electron chi connectivity index (χ0n) is 16.6. The van der Waals surface area contributed by atoms with E-state index in [0.717, 1.165) is 38.1 Å². The second-order valence-electron chi connectivity index (χ2n) is 7.34. The molecule has 168 valence electrons. The minimum atomic E-state index is -4.44. The summed E-state index contributed by atoms with van der Waals surface area (Å²) in [6.45, 7) is -1.48. The summed E-state index contributed by atoms with van der Waals surface area (Å²) in [4.78, 5) is 11.1. The lowest BCUT2D eigenvalue weighted by Gasteiger charge is -2.07. The topological polar surface area (TPSA) is 26.3 Å². The lowest BCUT2D eigenvalue weighted by molar-refractivity contribution is -0.186. The summed E-state index contributed by atoms with van der Waals surface area (Å²) in [5, 5.41) is 0. The van der Waals surface area contributed by atoms with Gasteiger partial charge in [-0.3, -0.25) is 4.79 Å². The molecular formula is C19H34Cl3F3O2Si. The van der Waals surface area contributed by atoms with Gasteiger partial charge in [-0.05, 0) is 12.5 Å². The van der Waals surface area contributed by atoms with Gasteiger partial charge in [-0.15, -0.1) is 33.2 Å². The number of carbonyl (C=O) groups is 1. The van der Waals surface area contributed by atoms with Crippen molar-refractivity contribution < 1.29 is 22.7 Å². The summed E-state index contributed by atoms with van der Waals surface area (Å²) in [5.41, 5.74) is 0. The number of hydrogen-bond donors (Lipinski definition) is 0. The first-order valence-electron chi connectivity index (χ1n) is 10.4. The summed E-state index contributed by atoms with van der Waals surface area (Å²) in [7, 11) is 0. The molecule has 0 heterocycles. The molecule has 0 N–H and O–H groups in total. The molecule has 0 aromatic rings. The predicted octanol–water partition coefficient (Wildman–Crippen LogP) is 8.60. The van der Waals surface area contributed by atoms with Crippen molar-refractivity contribution in [2.75, 3.05) is 6.61 Å². The van der Waals surface area contributed by atoms with Crippen molar-refractivity contribution in [2.24, 2.45) is 0 Å². The van der Waals surface area contributed by atoms with E-state index in [0.29, 0.717) is 6.42 Å². The fourth-order valence-corrected chi connectivity index (χ4v) is 4.80. The molecule has 0 amide bonds. The van der Waals surface area contributed by atoms with Crippen LogP contribution >= 0.6 is 33.2 Å². The number of rotatable bonds is 18. The fraction of sp³-hybridized carbons (Fsp3) is 0.947. The van der Waals surface area contributed by atoms with E-state index >= 15 is 0 Å². The van der Waals surface area contributed by atoms with Gasteiger partial charge in [-0.25, -0.2) is 0 Å². The van der Waals surface area contributed by atoms with Crippen molar-refractivity contribution in [3.05, 3.63) is 0 Å². The van der Waals surface area contributed by atoms with E-state index in [4.69, 9.17) is 33.2 Å². The molecule has 0 radical (unpaired) electrons. The first kappa shape index (κ1) is 28.3. The number of alkyl halides is 3. The van der Waals surface area contributed by atoms with Crippen molar-refractivity contribution in [3.8, 4) is 0 Å². The van der Waals surface area contributed by atoms with E-state index in [-0.39, 0.29) is 6.42 Å². The summed E-state index contributed by atoms with van der Waals surface area (Å²) >= 11 is 17.5. The van der Waals surface area contributed by atoms with E-state index in [2.05, 4.69) is 4.74 Å². The van der Waals surface area contributed by atoms with Gasteiger partial charge in [-0.1, -0.05) is 83.5 Å².